The predicted molar refractivity (Wildman–Crippen MR) is 106 cm³/mol. The summed E-state index contributed by atoms with van der Waals surface area (Å²) in [7, 11) is 2.03. The Balaban J connectivity index is 1.41. The SMILES string of the molecule is Cn1c(CCC2CCCCC2)nnc1SCC(=O)NC1CCCCCC1. The van der Waals surface area contributed by atoms with Gasteiger partial charge in [0.15, 0.2) is 5.16 Å². The fourth-order valence-corrected chi connectivity index (χ4v) is 5.06. The fraction of sp³-hybridized carbons (Fsp3) is 0.850. The zero-order valence-electron chi connectivity index (χ0n) is 16.2. The molecule has 0 aliphatic heterocycles. The lowest BCUT2D eigenvalue weighted by Crippen LogP contribution is -2.35. The van der Waals surface area contributed by atoms with Crippen molar-refractivity contribution < 1.29 is 4.79 Å². The van der Waals surface area contributed by atoms with Crippen LogP contribution in [0.4, 0.5) is 0 Å². The van der Waals surface area contributed by atoms with Crippen LogP contribution in [0.1, 0.15) is 82.9 Å². The van der Waals surface area contributed by atoms with Gasteiger partial charge in [-0.2, -0.15) is 0 Å². The summed E-state index contributed by atoms with van der Waals surface area (Å²) in [5.74, 6) is 2.49. The number of thioether (sulfide) groups is 1. The van der Waals surface area contributed by atoms with Crippen LogP contribution in [0.5, 0.6) is 0 Å². The van der Waals surface area contributed by atoms with Gasteiger partial charge in [0, 0.05) is 19.5 Å². The van der Waals surface area contributed by atoms with Crippen molar-refractivity contribution >= 4 is 17.7 Å². The Morgan fingerprint density at radius 2 is 1.69 bits per heavy atom. The van der Waals surface area contributed by atoms with Crippen LogP contribution in [-0.4, -0.2) is 32.5 Å². The van der Waals surface area contributed by atoms with Gasteiger partial charge in [-0.15, -0.1) is 10.2 Å². The van der Waals surface area contributed by atoms with Crippen molar-refractivity contribution in [2.75, 3.05) is 5.75 Å². The molecule has 1 aromatic heterocycles. The van der Waals surface area contributed by atoms with Crippen LogP contribution < -0.4 is 5.32 Å². The van der Waals surface area contributed by atoms with Gasteiger partial charge in [-0.3, -0.25) is 4.79 Å². The van der Waals surface area contributed by atoms with E-state index in [4.69, 9.17) is 0 Å². The second-order valence-corrected chi connectivity index (χ2v) is 8.99. The molecule has 26 heavy (non-hydrogen) atoms. The highest BCUT2D eigenvalue weighted by Crippen LogP contribution is 2.27. The Hall–Kier alpha value is -1.04. The van der Waals surface area contributed by atoms with Crippen molar-refractivity contribution in [3.8, 4) is 0 Å². The number of carbonyl (C=O) groups is 1. The first-order valence-electron chi connectivity index (χ1n) is 10.5. The molecule has 0 aromatic carbocycles. The van der Waals surface area contributed by atoms with E-state index in [9.17, 15) is 4.79 Å². The summed E-state index contributed by atoms with van der Waals surface area (Å²) < 4.78 is 2.08. The number of hydrogen-bond acceptors (Lipinski definition) is 4. The maximum atomic E-state index is 12.3. The van der Waals surface area contributed by atoms with Crippen molar-refractivity contribution in [3.63, 3.8) is 0 Å². The average Bonchev–Trinajstić information content (AvgIpc) is 2.84. The molecule has 6 heteroatoms. The van der Waals surface area contributed by atoms with Gasteiger partial charge in [0.25, 0.3) is 0 Å². The minimum absolute atomic E-state index is 0.133. The van der Waals surface area contributed by atoms with Crippen LogP contribution in [0.2, 0.25) is 0 Å². The Morgan fingerprint density at radius 1 is 1.04 bits per heavy atom. The Labute approximate surface area is 162 Å². The van der Waals surface area contributed by atoms with Crippen LogP contribution in [0.15, 0.2) is 5.16 Å². The highest BCUT2D eigenvalue weighted by molar-refractivity contribution is 7.99. The van der Waals surface area contributed by atoms with Gasteiger partial charge in [-0.05, 0) is 25.2 Å². The zero-order valence-corrected chi connectivity index (χ0v) is 17.0. The first kappa shape index (κ1) is 19.7. The third-order valence-electron chi connectivity index (χ3n) is 5.98. The molecule has 1 N–H and O–H groups in total. The minimum atomic E-state index is 0.133. The maximum Gasteiger partial charge on any atom is 0.230 e. The highest BCUT2D eigenvalue weighted by atomic mass is 32.2. The van der Waals surface area contributed by atoms with Gasteiger partial charge in [0.05, 0.1) is 5.75 Å². The second kappa shape index (κ2) is 10.3. The molecule has 5 nitrogen and oxygen atoms in total. The molecule has 1 amide bonds. The molecule has 2 aliphatic carbocycles. The maximum absolute atomic E-state index is 12.3. The van der Waals surface area contributed by atoms with E-state index in [1.165, 1.54) is 76.0 Å². The molecule has 146 valence electrons. The topological polar surface area (TPSA) is 59.8 Å². The van der Waals surface area contributed by atoms with Crippen molar-refractivity contribution in [2.45, 2.75) is 94.7 Å². The van der Waals surface area contributed by atoms with Gasteiger partial charge in [-0.1, -0.05) is 69.5 Å². The molecule has 0 atom stereocenters. The predicted octanol–water partition coefficient (Wildman–Crippen LogP) is 4.26. The van der Waals surface area contributed by atoms with Gasteiger partial charge >= 0.3 is 0 Å². The number of hydrogen-bond donors (Lipinski definition) is 1. The summed E-state index contributed by atoms with van der Waals surface area (Å²) in [6.45, 7) is 0. The van der Waals surface area contributed by atoms with E-state index < -0.39 is 0 Å². The number of aryl methyl sites for hydroxylation is 1. The lowest BCUT2D eigenvalue weighted by molar-refractivity contribution is -0.119. The van der Waals surface area contributed by atoms with Crippen molar-refractivity contribution in [1.82, 2.24) is 20.1 Å². The van der Waals surface area contributed by atoms with Crippen molar-refractivity contribution in [2.24, 2.45) is 13.0 Å². The standard InChI is InChI=1S/C20H34N4OS/c1-24-18(14-13-16-9-5-4-6-10-16)22-23-20(24)26-15-19(25)21-17-11-7-2-3-8-12-17/h16-17H,2-15H2,1H3,(H,21,25). The van der Waals surface area contributed by atoms with Gasteiger partial charge in [-0.25, -0.2) is 0 Å². The number of nitrogens with one attached hydrogen (secondary N) is 1. The number of nitrogens with zero attached hydrogens (tertiary/aromatic N) is 3. The summed E-state index contributed by atoms with van der Waals surface area (Å²) in [5, 5.41) is 12.7. The Bertz CT molecular complexity index is 560. The van der Waals surface area contributed by atoms with E-state index in [0.717, 1.165) is 36.2 Å². The lowest BCUT2D eigenvalue weighted by atomic mass is 9.86. The van der Waals surface area contributed by atoms with Crippen molar-refractivity contribution in [3.05, 3.63) is 5.82 Å². The van der Waals surface area contributed by atoms with E-state index in [2.05, 4.69) is 20.1 Å². The molecule has 1 heterocycles. The van der Waals surface area contributed by atoms with E-state index in [1.54, 1.807) is 0 Å². The molecule has 0 radical (unpaired) electrons. The number of amides is 1. The van der Waals surface area contributed by atoms with E-state index in [0.29, 0.717) is 11.8 Å². The highest BCUT2D eigenvalue weighted by Gasteiger charge is 2.18. The lowest BCUT2D eigenvalue weighted by Gasteiger charge is -2.20. The third-order valence-corrected chi connectivity index (χ3v) is 7.00. The summed E-state index contributed by atoms with van der Waals surface area (Å²) in [5.41, 5.74) is 0. The Morgan fingerprint density at radius 3 is 2.42 bits per heavy atom. The smallest absolute Gasteiger partial charge is 0.230 e. The molecule has 0 bridgehead atoms. The van der Waals surface area contributed by atoms with Crippen LogP contribution >= 0.6 is 11.8 Å². The van der Waals surface area contributed by atoms with Crippen LogP contribution in [0.25, 0.3) is 0 Å². The normalized spacial score (nSPS) is 20.0. The van der Waals surface area contributed by atoms with Gasteiger partial charge < -0.3 is 9.88 Å². The summed E-state index contributed by atoms with van der Waals surface area (Å²) in [4.78, 5) is 12.3. The molecular weight excluding hydrogens is 344 g/mol. The van der Waals surface area contributed by atoms with Crippen LogP contribution in [-0.2, 0) is 18.3 Å². The van der Waals surface area contributed by atoms with E-state index in [1.807, 2.05) is 7.05 Å². The molecule has 2 fully saturated rings. The third kappa shape index (κ3) is 6.00. The first-order valence-corrected chi connectivity index (χ1v) is 11.5. The summed E-state index contributed by atoms with van der Waals surface area (Å²) in [6, 6.07) is 0.371. The quantitative estimate of drug-likeness (QED) is 0.569. The molecular formula is C20H34N4OS. The average molecular weight is 379 g/mol. The van der Waals surface area contributed by atoms with Crippen LogP contribution in [0.3, 0.4) is 0 Å². The summed E-state index contributed by atoms with van der Waals surface area (Å²) >= 11 is 1.51. The minimum Gasteiger partial charge on any atom is -0.353 e. The fourth-order valence-electron chi connectivity index (χ4n) is 4.32. The first-order chi connectivity index (χ1) is 12.7. The zero-order chi connectivity index (χ0) is 18.2. The molecule has 1 aromatic rings. The van der Waals surface area contributed by atoms with E-state index >= 15 is 0 Å². The second-order valence-electron chi connectivity index (χ2n) is 8.05. The molecule has 0 saturated heterocycles. The molecule has 2 saturated carbocycles. The van der Waals surface area contributed by atoms with Crippen LogP contribution in [0, 0.1) is 5.92 Å². The van der Waals surface area contributed by atoms with E-state index in [-0.39, 0.29) is 5.91 Å². The van der Waals surface area contributed by atoms with Gasteiger partial charge in [0.1, 0.15) is 5.82 Å². The monoisotopic (exact) mass is 378 g/mol. The largest absolute Gasteiger partial charge is 0.353 e. The molecule has 3 rings (SSSR count). The number of rotatable bonds is 7. The molecule has 2 aliphatic rings. The Kier molecular flexibility index (Phi) is 7.84. The summed E-state index contributed by atoms with van der Waals surface area (Å²) in [6.07, 6.45) is 16.5. The molecule has 0 unspecified atom stereocenters. The number of carbonyl (C=O) groups excluding carboxylic acids is 1. The molecule has 0 spiro atoms. The van der Waals surface area contributed by atoms with Crippen molar-refractivity contribution in [1.29, 1.82) is 0 Å². The van der Waals surface area contributed by atoms with Gasteiger partial charge in [0.2, 0.25) is 5.91 Å². The number of aromatic nitrogens is 3.